The number of pyridine rings is 2. The van der Waals surface area contributed by atoms with Gasteiger partial charge in [-0.3, -0.25) is 9.97 Å². The number of benzene rings is 2. The minimum atomic E-state index is 0.194. The molecule has 7 aromatic rings. The van der Waals surface area contributed by atoms with E-state index in [2.05, 4.69) is 58.1 Å². The van der Waals surface area contributed by atoms with E-state index in [4.69, 9.17) is 46.3 Å². The molecule has 10 nitrogen and oxygen atoms in total. The van der Waals surface area contributed by atoms with Crippen LogP contribution in [0.2, 0.25) is 15.7 Å². The molecule has 0 amide bonds. The molecule has 260 valence electrons. The fraction of sp³-hybridized carbons (Fsp3) is 0.211. The molecule has 0 spiro atoms. The van der Waals surface area contributed by atoms with Crippen LogP contribution < -0.4 is 11.5 Å². The van der Waals surface area contributed by atoms with Gasteiger partial charge in [0.15, 0.2) is 0 Å². The number of hydrogen-bond acceptors (Lipinski definition) is 10. The summed E-state index contributed by atoms with van der Waals surface area (Å²) in [6, 6.07) is 21.7. The van der Waals surface area contributed by atoms with Gasteiger partial charge in [-0.25, -0.2) is 29.9 Å². The summed E-state index contributed by atoms with van der Waals surface area (Å²) in [6.07, 6.45) is 1.46. The van der Waals surface area contributed by atoms with Gasteiger partial charge in [-0.15, -0.1) is 0 Å². The second kappa shape index (κ2) is 16.3. The van der Waals surface area contributed by atoms with Crippen molar-refractivity contribution in [2.45, 2.75) is 54.4 Å². The number of aromatic nitrogens is 8. The van der Waals surface area contributed by atoms with Gasteiger partial charge in [-0.05, 0) is 130 Å². The highest BCUT2D eigenvalue weighted by atomic mass is 35.5. The standard InChI is InChI=1S/C17H18N4.C16H15ClN4.C5H4Cl2N2/c1-10-6-14(21-12(3)19-10)8-13-4-5-17-15(9-13)16(18)7-11(2)20-17;1-9-5-12(21-16(17)20-9)7-11-3-4-15-13(8-11)14(18)6-10(2)19-15;1-3-2-4(6)9-5(7)8-3/h4-7,9H,8H2,1-3H3,(H2,18,20);3-6,8H,7H2,1-2H3,(H2,18,19);2H,1H3. The van der Waals surface area contributed by atoms with Gasteiger partial charge in [0.25, 0.3) is 0 Å². The highest BCUT2D eigenvalue weighted by Crippen LogP contribution is 2.24. The third kappa shape index (κ3) is 10.5. The van der Waals surface area contributed by atoms with Crippen LogP contribution in [0.5, 0.6) is 0 Å². The lowest BCUT2D eigenvalue weighted by Crippen LogP contribution is -1.99. The van der Waals surface area contributed by atoms with Crippen LogP contribution in [0.25, 0.3) is 21.8 Å². The molecule has 0 aliphatic carbocycles. The van der Waals surface area contributed by atoms with Gasteiger partial charge in [0.2, 0.25) is 10.6 Å². The van der Waals surface area contributed by atoms with E-state index in [0.717, 1.165) is 90.8 Å². The van der Waals surface area contributed by atoms with Crippen LogP contribution in [0.3, 0.4) is 0 Å². The van der Waals surface area contributed by atoms with Crippen molar-refractivity contribution >= 4 is 68.0 Å². The molecule has 0 fully saturated rings. The number of fused-ring (bicyclic) bond motifs is 2. The van der Waals surface area contributed by atoms with Crippen LogP contribution >= 0.6 is 34.8 Å². The normalized spacial score (nSPS) is 10.8. The maximum Gasteiger partial charge on any atom is 0.223 e. The van der Waals surface area contributed by atoms with E-state index < -0.39 is 0 Å². The smallest absolute Gasteiger partial charge is 0.223 e. The van der Waals surface area contributed by atoms with Crippen LogP contribution in [0.4, 0.5) is 11.4 Å². The Morgan fingerprint density at radius 3 is 1.33 bits per heavy atom. The minimum Gasteiger partial charge on any atom is -0.398 e. The Morgan fingerprint density at radius 2 is 0.882 bits per heavy atom. The van der Waals surface area contributed by atoms with Gasteiger partial charge < -0.3 is 11.5 Å². The first-order valence-corrected chi connectivity index (χ1v) is 17.1. The van der Waals surface area contributed by atoms with Gasteiger partial charge in [0.1, 0.15) is 11.0 Å². The largest absolute Gasteiger partial charge is 0.398 e. The van der Waals surface area contributed by atoms with Crippen molar-refractivity contribution in [3.63, 3.8) is 0 Å². The number of halogens is 3. The predicted octanol–water partition coefficient (Wildman–Crippen LogP) is 8.68. The van der Waals surface area contributed by atoms with E-state index in [-0.39, 0.29) is 10.6 Å². The lowest BCUT2D eigenvalue weighted by atomic mass is 10.0. The first-order chi connectivity index (χ1) is 24.2. The zero-order chi connectivity index (χ0) is 36.8. The topological polar surface area (TPSA) is 155 Å². The van der Waals surface area contributed by atoms with Crippen LogP contribution in [0.1, 0.15) is 56.8 Å². The summed E-state index contributed by atoms with van der Waals surface area (Å²) in [6.45, 7) is 11.5. The number of nitrogen functional groups attached to an aromatic ring is 2. The molecule has 0 aliphatic heterocycles. The molecule has 5 heterocycles. The van der Waals surface area contributed by atoms with Gasteiger partial charge in [-0.1, -0.05) is 23.7 Å². The van der Waals surface area contributed by atoms with Crippen molar-refractivity contribution in [1.82, 2.24) is 39.9 Å². The highest BCUT2D eigenvalue weighted by Gasteiger charge is 2.07. The molecule has 7 rings (SSSR count). The third-order valence-electron chi connectivity index (χ3n) is 7.53. The number of aryl methyl sites for hydroxylation is 6. The average molecular weight is 740 g/mol. The number of hydrogen-bond donors (Lipinski definition) is 2. The van der Waals surface area contributed by atoms with Gasteiger partial charge in [0, 0.05) is 74.8 Å². The van der Waals surface area contributed by atoms with Gasteiger partial charge in [0.05, 0.1) is 11.0 Å². The van der Waals surface area contributed by atoms with Crippen LogP contribution in [-0.4, -0.2) is 39.9 Å². The van der Waals surface area contributed by atoms with Gasteiger partial charge in [-0.2, -0.15) is 0 Å². The molecule has 2 aromatic carbocycles. The molecule has 0 unspecified atom stereocenters. The van der Waals surface area contributed by atoms with E-state index in [1.165, 1.54) is 5.56 Å². The Bertz CT molecular complexity index is 2130. The van der Waals surface area contributed by atoms with Crippen LogP contribution in [0.15, 0.2) is 66.7 Å². The van der Waals surface area contributed by atoms with Crippen molar-refractivity contribution in [1.29, 1.82) is 0 Å². The molecule has 5 aromatic heterocycles. The zero-order valence-corrected chi connectivity index (χ0v) is 31.4. The molecule has 51 heavy (non-hydrogen) atoms. The highest BCUT2D eigenvalue weighted by molar-refractivity contribution is 6.31. The molecule has 4 N–H and O–H groups in total. The summed E-state index contributed by atoms with van der Waals surface area (Å²) < 4.78 is 0. The Labute approximate surface area is 311 Å². The van der Waals surface area contributed by atoms with E-state index in [0.29, 0.717) is 11.6 Å². The monoisotopic (exact) mass is 738 g/mol. The van der Waals surface area contributed by atoms with Crippen molar-refractivity contribution in [2.24, 2.45) is 0 Å². The molecular weight excluding hydrogens is 703 g/mol. The first kappa shape index (κ1) is 37.2. The number of rotatable bonds is 4. The molecule has 0 saturated carbocycles. The maximum atomic E-state index is 6.10. The average Bonchev–Trinajstić information content (AvgIpc) is 3.01. The molecule has 0 radical (unpaired) electrons. The second-order valence-electron chi connectivity index (χ2n) is 12.2. The zero-order valence-electron chi connectivity index (χ0n) is 29.1. The number of anilines is 2. The van der Waals surface area contributed by atoms with Crippen molar-refractivity contribution in [3.8, 4) is 0 Å². The summed E-state index contributed by atoms with van der Waals surface area (Å²) >= 11 is 16.9. The third-order valence-corrected chi connectivity index (χ3v) is 8.06. The number of nitrogens with two attached hydrogens (primary N) is 2. The fourth-order valence-electron chi connectivity index (χ4n) is 5.58. The predicted molar refractivity (Wildman–Crippen MR) is 207 cm³/mol. The van der Waals surface area contributed by atoms with E-state index in [1.54, 1.807) is 13.0 Å². The SMILES string of the molecule is Cc1cc(Cc2ccc3nc(C)cc(N)c3c2)nc(C)n1.Cc1cc(Cc2ccc3nc(C)cc(N)c3c2)nc(Cl)n1.Cc1cc(Cl)nc(Cl)n1. The van der Waals surface area contributed by atoms with Crippen molar-refractivity contribution in [2.75, 3.05) is 11.5 Å². The second-order valence-corrected chi connectivity index (χ2v) is 13.2. The summed E-state index contributed by atoms with van der Waals surface area (Å²) in [5.41, 5.74) is 24.3. The molecule has 13 heteroatoms. The van der Waals surface area contributed by atoms with Crippen LogP contribution in [-0.2, 0) is 12.8 Å². The van der Waals surface area contributed by atoms with E-state index in [1.807, 2.05) is 77.1 Å². The maximum absolute atomic E-state index is 6.10. The molecule has 0 atom stereocenters. The van der Waals surface area contributed by atoms with Crippen molar-refractivity contribution in [3.05, 3.63) is 139 Å². The van der Waals surface area contributed by atoms with Crippen molar-refractivity contribution < 1.29 is 0 Å². The van der Waals surface area contributed by atoms with Gasteiger partial charge >= 0.3 is 0 Å². The first-order valence-electron chi connectivity index (χ1n) is 16.0. The summed E-state index contributed by atoms with van der Waals surface area (Å²) in [5.74, 6) is 0.808. The Hall–Kier alpha value is -5.03. The van der Waals surface area contributed by atoms with Crippen LogP contribution in [0, 0.1) is 41.5 Å². The Balaban J connectivity index is 0.000000160. The molecular formula is C38H37Cl3N10. The fourth-order valence-corrected chi connectivity index (χ4v) is 6.32. The molecule has 0 aliphatic rings. The Morgan fingerprint density at radius 1 is 0.451 bits per heavy atom. The van der Waals surface area contributed by atoms with E-state index in [9.17, 15) is 0 Å². The Kier molecular flexibility index (Phi) is 11.9. The summed E-state index contributed by atoms with van der Waals surface area (Å²) in [4.78, 5) is 33.6. The molecule has 0 bridgehead atoms. The quantitative estimate of drug-likeness (QED) is 0.132. The molecule has 0 saturated heterocycles. The lowest BCUT2D eigenvalue weighted by molar-refractivity contribution is 0.942. The number of nitrogens with zero attached hydrogens (tertiary/aromatic N) is 8. The summed E-state index contributed by atoms with van der Waals surface area (Å²) in [5, 5.41) is 2.82. The minimum absolute atomic E-state index is 0.194. The van der Waals surface area contributed by atoms with E-state index >= 15 is 0 Å². The lowest BCUT2D eigenvalue weighted by Gasteiger charge is -2.07. The summed E-state index contributed by atoms with van der Waals surface area (Å²) in [7, 11) is 0.